The maximum absolute atomic E-state index is 9.57. The molecular formula is C13H23N3O. The lowest BCUT2D eigenvalue weighted by Crippen LogP contribution is -2.57. The standard InChI is InChI=1S/C13H23N3O/c1-15-7-9-16(10-8-15)13(11-14)5-3-12(17-2)4-6-13/h12H,3-10H2,1-2H3. The van der Waals surface area contributed by atoms with Crippen LogP contribution in [-0.4, -0.2) is 61.8 Å². The van der Waals surface area contributed by atoms with Crippen molar-refractivity contribution in [1.82, 2.24) is 9.80 Å². The molecule has 2 aliphatic rings. The van der Waals surface area contributed by atoms with Gasteiger partial charge in [0.15, 0.2) is 0 Å². The fourth-order valence-electron chi connectivity index (χ4n) is 3.04. The Balaban J connectivity index is 1.99. The largest absolute Gasteiger partial charge is 0.381 e. The zero-order chi connectivity index (χ0) is 12.3. The van der Waals surface area contributed by atoms with E-state index < -0.39 is 0 Å². The highest BCUT2D eigenvalue weighted by molar-refractivity contribution is 5.11. The van der Waals surface area contributed by atoms with Gasteiger partial charge in [0.25, 0.3) is 0 Å². The number of nitriles is 1. The molecule has 0 aromatic carbocycles. The van der Waals surface area contributed by atoms with Gasteiger partial charge in [0, 0.05) is 33.3 Å². The number of piperazine rings is 1. The molecule has 1 heterocycles. The average Bonchev–Trinajstić information content (AvgIpc) is 2.40. The summed E-state index contributed by atoms with van der Waals surface area (Å²) in [4.78, 5) is 4.74. The van der Waals surface area contributed by atoms with Gasteiger partial charge in [0.05, 0.1) is 12.2 Å². The van der Waals surface area contributed by atoms with Crippen LogP contribution in [0.2, 0.25) is 0 Å². The second-order valence-electron chi connectivity index (χ2n) is 5.37. The molecule has 0 atom stereocenters. The summed E-state index contributed by atoms with van der Waals surface area (Å²) in [6, 6.07) is 2.60. The minimum Gasteiger partial charge on any atom is -0.381 e. The number of hydrogen-bond donors (Lipinski definition) is 0. The second kappa shape index (κ2) is 5.34. The number of methoxy groups -OCH3 is 1. The summed E-state index contributed by atoms with van der Waals surface area (Å²) in [5, 5.41) is 9.57. The fourth-order valence-corrected chi connectivity index (χ4v) is 3.04. The molecule has 0 radical (unpaired) electrons. The molecule has 0 amide bonds. The van der Waals surface area contributed by atoms with Gasteiger partial charge in [-0.15, -0.1) is 0 Å². The molecule has 0 unspecified atom stereocenters. The molecule has 0 aromatic heterocycles. The minimum atomic E-state index is -0.212. The Hall–Kier alpha value is -0.630. The van der Waals surface area contributed by atoms with Gasteiger partial charge in [-0.05, 0) is 32.7 Å². The van der Waals surface area contributed by atoms with E-state index in [0.29, 0.717) is 6.10 Å². The van der Waals surface area contributed by atoms with Crippen LogP contribution >= 0.6 is 0 Å². The topological polar surface area (TPSA) is 39.5 Å². The highest BCUT2D eigenvalue weighted by Crippen LogP contribution is 2.34. The van der Waals surface area contributed by atoms with Gasteiger partial charge in [-0.1, -0.05) is 0 Å². The van der Waals surface area contributed by atoms with E-state index >= 15 is 0 Å². The van der Waals surface area contributed by atoms with Gasteiger partial charge in [-0.2, -0.15) is 5.26 Å². The maximum Gasteiger partial charge on any atom is 0.109 e. The van der Waals surface area contributed by atoms with Crippen LogP contribution in [0.15, 0.2) is 0 Å². The zero-order valence-electron chi connectivity index (χ0n) is 11.0. The van der Waals surface area contributed by atoms with Crippen molar-refractivity contribution in [2.75, 3.05) is 40.3 Å². The summed E-state index contributed by atoms with van der Waals surface area (Å²) in [5.74, 6) is 0. The van der Waals surface area contributed by atoms with Crippen LogP contribution in [0.1, 0.15) is 25.7 Å². The third-order valence-electron chi connectivity index (χ3n) is 4.41. The van der Waals surface area contributed by atoms with E-state index in [1.54, 1.807) is 7.11 Å². The van der Waals surface area contributed by atoms with Crippen molar-refractivity contribution in [2.45, 2.75) is 37.3 Å². The predicted molar refractivity (Wildman–Crippen MR) is 66.7 cm³/mol. The first-order chi connectivity index (χ1) is 8.20. The number of hydrogen-bond acceptors (Lipinski definition) is 4. The summed E-state index contributed by atoms with van der Waals surface area (Å²) in [7, 11) is 3.93. The van der Waals surface area contributed by atoms with Gasteiger partial charge >= 0.3 is 0 Å². The first-order valence-electron chi connectivity index (χ1n) is 6.58. The third-order valence-corrected chi connectivity index (χ3v) is 4.41. The van der Waals surface area contributed by atoms with Crippen LogP contribution in [0, 0.1) is 11.3 Å². The van der Waals surface area contributed by atoms with Crippen molar-refractivity contribution < 1.29 is 4.74 Å². The lowest BCUT2D eigenvalue weighted by atomic mass is 9.79. The summed E-state index contributed by atoms with van der Waals surface area (Å²) >= 11 is 0. The van der Waals surface area contributed by atoms with Gasteiger partial charge < -0.3 is 9.64 Å². The van der Waals surface area contributed by atoms with E-state index in [1.165, 1.54) is 0 Å². The van der Waals surface area contributed by atoms with Crippen LogP contribution in [0.5, 0.6) is 0 Å². The minimum absolute atomic E-state index is 0.212. The molecule has 4 nitrogen and oxygen atoms in total. The lowest BCUT2D eigenvalue weighted by Gasteiger charge is -2.46. The molecule has 4 heteroatoms. The third kappa shape index (κ3) is 2.62. The van der Waals surface area contributed by atoms with Gasteiger partial charge in [-0.3, -0.25) is 4.90 Å². The average molecular weight is 237 g/mol. The quantitative estimate of drug-likeness (QED) is 0.720. The van der Waals surface area contributed by atoms with Gasteiger partial charge in [0.2, 0.25) is 0 Å². The SMILES string of the molecule is COC1CCC(C#N)(N2CCN(C)CC2)CC1. The molecule has 1 aliphatic heterocycles. The summed E-state index contributed by atoms with van der Waals surface area (Å²) in [6.07, 6.45) is 4.34. The van der Waals surface area contributed by atoms with Crippen LogP contribution in [0.4, 0.5) is 0 Å². The fraction of sp³-hybridized carbons (Fsp3) is 0.923. The van der Waals surface area contributed by atoms with E-state index in [9.17, 15) is 5.26 Å². The predicted octanol–water partition coefficient (Wildman–Crippen LogP) is 1.09. The Labute approximate surface area is 104 Å². The van der Waals surface area contributed by atoms with E-state index in [1.807, 2.05) is 0 Å². The van der Waals surface area contributed by atoms with Crippen molar-refractivity contribution in [3.05, 3.63) is 0 Å². The van der Waals surface area contributed by atoms with Crippen LogP contribution < -0.4 is 0 Å². The van der Waals surface area contributed by atoms with E-state index in [-0.39, 0.29) is 5.54 Å². The van der Waals surface area contributed by atoms with Crippen molar-refractivity contribution in [1.29, 1.82) is 5.26 Å². The molecule has 17 heavy (non-hydrogen) atoms. The first-order valence-corrected chi connectivity index (χ1v) is 6.58. The lowest BCUT2D eigenvalue weighted by molar-refractivity contribution is -0.00150. The van der Waals surface area contributed by atoms with Crippen LogP contribution in [0.3, 0.4) is 0 Å². The summed E-state index contributed by atoms with van der Waals surface area (Å²) in [6.45, 7) is 4.22. The second-order valence-corrected chi connectivity index (χ2v) is 5.37. The first kappa shape index (κ1) is 12.8. The van der Waals surface area contributed by atoms with Crippen LogP contribution in [0.25, 0.3) is 0 Å². The molecule has 0 N–H and O–H groups in total. The highest BCUT2D eigenvalue weighted by Gasteiger charge is 2.41. The Morgan fingerprint density at radius 2 is 1.76 bits per heavy atom. The molecule has 0 spiro atoms. The van der Waals surface area contributed by atoms with Crippen LogP contribution in [-0.2, 0) is 4.74 Å². The van der Waals surface area contributed by atoms with E-state index in [0.717, 1.165) is 51.9 Å². The van der Waals surface area contributed by atoms with Gasteiger partial charge in [-0.25, -0.2) is 0 Å². The zero-order valence-corrected chi connectivity index (χ0v) is 11.0. The Kier molecular flexibility index (Phi) is 4.03. The van der Waals surface area contributed by atoms with Gasteiger partial charge in [0.1, 0.15) is 5.54 Å². The number of rotatable bonds is 2. The van der Waals surface area contributed by atoms with E-state index in [2.05, 4.69) is 22.9 Å². The normalized spacial score (nSPS) is 36.6. The monoisotopic (exact) mass is 237 g/mol. The molecule has 1 saturated carbocycles. The number of ether oxygens (including phenoxy) is 1. The Morgan fingerprint density at radius 1 is 1.18 bits per heavy atom. The number of nitrogens with zero attached hydrogens (tertiary/aromatic N) is 3. The molecule has 96 valence electrons. The number of likely N-dealkylation sites (N-methyl/N-ethyl adjacent to an activating group) is 1. The van der Waals surface area contributed by atoms with Crippen molar-refractivity contribution in [3.8, 4) is 6.07 Å². The molecule has 2 rings (SSSR count). The maximum atomic E-state index is 9.57. The summed E-state index contributed by atoms with van der Waals surface area (Å²) < 4.78 is 5.40. The van der Waals surface area contributed by atoms with Crippen molar-refractivity contribution >= 4 is 0 Å². The van der Waals surface area contributed by atoms with Crippen molar-refractivity contribution in [2.24, 2.45) is 0 Å². The summed E-state index contributed by atoms with van der Waals surface area (Å²) in [5.41, 5.74) is -0.212. The molecule has 1 aliphatic carbocycles. The van der Waals surface area contributed by atoms with Crippen molar-refractivity contribution in [3.63, 3.8) is 0 Å². The molecule has 0 bridgehead atoms. The molecular weight excluding hydrogens is 214 g/mol. The molecule has 2 fully saturated rings. The smallest absolute Gasteiger partial charge is 0.109 e. The molecule has 1 saturated heterocycles. The Bertz CT molecular complexity index is 284. The van der Waals surface area contributed by atoms with E-state index in [4.69, 9.17) is 4.74 Å². The highest BCUT2D eigenvalue weighted by atomic mass is 16.5. The Morgan fingerprint density at radius 3 is 2.24 bits per heavy atom. The molecule has 0 aromatic rings.